The summed E-state index contributed by atoms with van der Waals surface area (Å²) < 4.78 is 0. The lowest BCUT2D eigenvalue weighted by molar-refractivity contribution is -0.393. The van der Waals surface area contributed by atoms with Crippen molar-refractivity contribution < 1.29 is 20.1 Å². The zero-order valence-corrected chi connectivity index (χ0v) is 12.7. The molecule has 0 fully saturated rings. The summed E-state index contributed by atoms with van der Waals surface area (Å²) in [7, 11) is 0. The van der Waals surface area contributed by atoms with Gasteiger partial charge < -0.3 is 15.5 Å². The van der Waals surface area contributed by atoms with Crippen LogP contribution in [0.25, 0.3) is 0 Å². The number of rotatable bonds is 6. The van der Waals surface area contributed by atoms with Crippen LogP contribution in [0.4, 0.5) is 22.7 Å². The number of nitrogens with one attached hydrogen (secondary N) is 1. The smallest absolute Gasteiger partial charge is 0.299 e. The molecule has 126 valence electrons. The molecule has 0 bridgehead atoms. The van der Waals surface area contributed by atoms with Gasteiger partial charge in [0.1, 0.15) is 5.69 Å². The van der Waals surface area contributed by atoms with Gasteiger partial charge in [-0.25, -0.2) is 0 Å². The summed E-state index contributed by atoms with van der Waals surface area (Å²) in [6.45, 7) is 1.24. The van der Waals surface area contributed by atoms with Crippen LogP contribution >= 0.6 is 0 Å². The summed E-state index contributed by atoms with van der Waals surface area (Å²) in [6, 6.07) is 6.46. The van der Waals surface area contributed by atoms with Gasteiger partial charge in [-0.05, 0) is 41.8 Å². The summed E-state index contributed by atoms with van der Waals surface area (Å²) in [5.41, 5.74) is 1.52. The number of aliphatic hydroxyl groups excluding tert-OH is 2. The lowest BCUT2D eigenvalue weighted by Crippen LogP contribution is -2.02. The zero-order valence-electron chi connectivity index (χ0n) is 12.7. The van der Waals surface area contributed by atoms with Crippen LogP contribution in [0.15, 0.2) is 30.3 Å². The van der Waals surface area contributed by atoms with Crippen molar-refractivity contribution in [3.63, 3.8) is 0 Å². The third-order valence-corrected chi connectivity index (χ3v) is 3.63. The Morgan fingerprint density at radius 2 is 1.58 bits per heavy atom. The minimum Gasteiger partial charge on any atom is -0.392 e. The van der Waals surface area contributed by atoms with Crippen LogP contribution in [0.1, 0.15) is 16.7 Å². The molecule has 0 radical (unpaired) electrons. The number of nitro benzene ring substituents is 2. The minimum atomic E-state index is -0.719. The molecule has 0 aliphatic carbocycles. The third kappa shape index (κ3) is 3.47. The van der Waals surface area contributed by atoms with E-state index >= 15 is 0 Å². The van der Waals surface area contributed by atoms with Gasteiger partial charge in [0.2, 0.25) is 0 Å². The first-order valence-electron chi connectivity index (χ1n) is 6.91. The van der Waals surface area contributed by atoms with E-state index in [2.05, 4.69) is 5.32 Å². The quantitative estimate of drug-likeness (QED) is 0.545. The summed E-state index contributed by atoms with van der Waals surface area (Å²) >= 11 is 0. The Labute approximate surface area is 136 Å². The van der Waals surface area contributed by atoms with Crippen molar-refractivity contribution in [1.29, 1.82) is 0 Å². The van der Waals surface area contributed by atoms with Crippen molar-refractivity contribution in [3.05, 3.63) is 67.3 Å². The molecule has 9 nitrogen and oxygen atoms in total. The van der Waals surface area contributed by atoms with Gasteiger partial charge in [0.25, 0.3) is 11.4 Å². The van der Waals surface area contributed by atoms with E-state index in [1.54, 1.807) is 19.1 Å². The predicted molar refractivity (Wildman–Crippen MR) is 86.1 cm³/mol. The molecule has 0 aromatic heterocycles. The molecule has 9 heteroatoms. The van der Waals surface area contributed by atoms with E-state index in [1.165, 1.54) is 6.07 Å². The van der Waals surface area contributed by atoms with Crippen LogP contribution in [-0.2, 0) is 13.2 Å². The molecule has 0 atom stereocenters. The van der Waals surface area contributed by atoms with Gasteiger partial charge in [-0.1, -0.05) is 0 Å². The van der Waals surface area contributed by atoms with Crippen LogP contribution in [0.2, 0.25) is 0 Å². The molecule has 0 unspecified atom stereocenters. The molecule has 0 saturated heterocycles. The van der Waals surface area contributed by atoms with Gasteiger partial charge in [0.05, 0.1) is 29.1 Å². The third-order valence-electron chi connectivity index (χ3n) is 3.63. The first-order valence-corrected chi connectivity index (χ1v) is 6.91. The number of nitro groups is 2. The number of nitrogens with zero attached hydrogens (tertiary/aromatic N) is 2. The lowest BCUT2D eigenvalue weighted by Gasteiger charge is -2.13. The zero-order chi connectivity index (χ0) is 17.9. The van der Waals surface area contributed by atoms with Crippen molar-refractivity contribution in [1.82, 2.24) is 0 Å². The molecule has 0 amide bonds. The molecule has 2 aromatic carbocycles. The first kappa shape index (κ1) is 17.3. The second-order valence-electron chi connectivity index (χ2n) is 5.08. The lowest BCUT2D eigenvalue weighted by atomic mass is 10.0. The van der Waals surface area contributed by atoms with Crippen LogP contribution in [0, 0.1) is 27.2 Å². The number of anilines is 2. The van der Waals surface area contributed by atoms with E-state index in [4.69, 9.17) is 0 Å². The van der Waals surface area contributed by atoms with Gasteiger partial charge in [-0.3, -0.25) is 20.2 Å². The van der Waals surface area contributed by atoms with E-state index in [0.29, 0.717) is 16.8 Å². The minimum absolute atomic E-state index is 0.0715. The van der Waals surface area contributed by atoms with Gasteiger partial charge in [-0.15, -0.1) is 0 Å². The Balaban J connectivity index is 2.48. The van der Waals surface area contributed by atoms with Crippen molar-refractivity contribution in [2.24, 2.45) is 0 Å². The number of benzene rings is 2. The summed E-state index contributed by atoms with van der Waals surface area (Å²) in [5, 5.41) is 43.5. The van der Waals surface area contributed by atoms with Crippen molar-refractivity contribution in [3.8, 4) is 0 Å². The largest absolute Gasteiger partial charge is 0.392 e. The topological polar surface area (TPSA) is 139 Å². The Morgan fingerprint density at radius 3 is 2.04 bits per heavy atom. The summed E-state index contributed by atoms with van der Waals surface area (Å²) in [6.07, 6.45) is 0. The Hall–Kier alpha value is -3.04. The van der Waals surface area contributed by atoms with Crippen LogP contribution in [0.5, 0.6) is 0 Å². The first-order chi connectivity index (χ1) is 11.4. The average molecular weight is 333 g/mol. The molecule has 0 aliphatic heterocycles. The van der Waals surface area contributed by atoms with Crippen molar-refractivity contribution in [2.75, 3.05) is 5.32 Å². The van der Waals surface area contributed by atoms with Crippen molar-refractivity contribution in [2.45, 2.75) is 20.1 Å². The summed E-state index contributed by atoms with van der Waals surface area (Å²) in [5.74, 6) is 0. The highest BCUT2D eigenvalue weighted by atomic mass is 16.6. The second kappa shape index (κ2) is 7.02. The molecule has 2 rings (SSSR count). The SMILES string of the molecule is Cc1c(CO)cc(Nc2ccc([N+](=O)[O-])cc2[N+](=O)[O-])cc1CO. The highest BCUT2D eigenvalue weighted by Gasteiger charge is 2.20. The normalized spacial score (nSPS) is 10.5. The van der Waals surface area contributed by atoms with Crippen molar-refractivity contribution >= 4 is 22.7 Å². The maximum Gasteiger partial charge on any atom is 0.299 e. The highest BCUT2D eigenvalue weighted by Crippen LogP contribution is 2.32. The van der Waals surface area contributed by atoms with E-state index < -0.39 is 15.5 Å². The molecular formula is C15H15N3O6. The average Bonchev–Trinajstić information content (AvgIpc) is 2.56. The maximum atomic E-state index is 11.2. The predicted octanol–water partition coefficient (Wildman–Crippen LogP) is 2.54. The number of hydrogen-bond donors (Lipinski definition) is 3. The number of non-ortho nitro benzene ring substituents is 1. The Bertz CT molecular complexity index is 781. The standard InChI is InChI=1S/C15H15N3O6/c1-9-10(7-19)4-12(5-11(9)8-20)16-14-3-2-13(17(21)22)6-15(14)18(23)24/h2-6,16,19-20H,7-8H2,1H3. The van der Waals surface area contributed by atoms with Crippen LogP contribution in [0.3, 0.4) is 0 Å². The molecule has 0 saturated carbocycles. The fourth-order valence-electron chi connectivity index (χ4n) is 2.29. The van der Waals surface area contributed by atoms with Crippen LogP contribution in [-0.4, -0.2) is 20.1 Å². The van der Waals surface area contributed by atoms with Gasteiger partial charge in [-0.2, -0.15) is 0 Å². The fraction of sp³-hybridized carbons (Fsp3) is 0.200. The van der Waals surface area contributed by atoms with Gasteiger partial charge >= 0.3 is 0 Å². The second-order valence-corrected chi connectivity index (χ2v) is 5.08. The Morgan fingerprint density at radius 1 is 1.00 bits per heavy atom. The molecule has 3 N–H and O–H groups in total. The molecular weight excluding hydrogens is 318 g/mol. The number of hydrogen-bond acceptors (Lipinski definition) is 7. The Kier molecular flexibility index (Phi) is 5.07. The monoisotopic (exact) mass is 333 g/mol. The van der Waals surface area contributed by atoms with E-state index in [-0.39, 0.29) is 24.6 Å². The van der Waals surface area contributed by atoms with Gasteiger partial charge in [0.15, 0.2) is 0 Å². The molecule has 0 heterocycles. The molecule has 0 aliphatic rings. The fourth-order valence-corrected chi connectivity index (χ4v) is 2.29. The highest BCUT2D eigenvalue weighted by molar-refractivity contribution is 5.72. The number of aliphatic hydroxyl groups is 2. The van der Waals surface area contributed by atoms with E-state index in [1.807, 2.05) is 0 Å². The van der Waals surface area contributed by atoms with Crippen LogP contribution < -0.4 is 5.32 Å². The van der Waals surface area contributed by atoms with E-state index in [0.717, 1.165) is 17.7 Å². The van der Waals surface area contributed by atoms with E-state index in [9.17, 15) is 30.4 Å². The molecule has 24 heavy (non-hydrogen) atoms. The summed E-state index contributed by atoms with van der Waals surface area (Å²) in [4.78, 5) is 20.5. The molecule has 0 spiro atoms. The molecule has 2 aromatic rings. The van der Waals surface area contributed by atoms with Gasteiger partial charge in [0, 0.05) is 11.8 Å². The maximum absolute atomic E-state index is 11.2.